The molecule has 1 N–H and O–H groups in total. The highest BCUT2D eigenvalue weighted by atomic mass is 35.5. The van der Waals surface area contributed by atoms with E-state index in [0.29, 0.717) is 13.0 Å². The van der Waals surface area contributed by atoms with Crippen molar-refractivity contribution in [2.75, 3.05) is 19.0 Å². The second kappa shape index (κ2) is 11.2. The first-order valence-electron chi connectivity index (χ1n) is 8.06. The predicted molar refractivity (Wildman–Crippen MR) is 103 cm³/mol. The monoisotopic (exact) mass is 368 g/mol. The van der Waals surface area contributed by atoms with Crippen LogP contribution in [-0.2, 0) is 16.0 Å². The van der Waals surface area contributed by atoms with Crippen molar-refractivity contribution in [1.82, 2.24) is 4.98 Å². The number of anilines is 1. The molecule has 0 saturated carbocycles. The third-order valence-electron chi connectivity index (χ3n) is 3.54. The Balaban J connectivity index is 0.00000288. The summed E-state index contributed by atoms with van der Waals surface area (Å²) < 4.78 is 5.07. The van der Waals surface area contributed by atoms with Gasteiger partial charge in [-0.3, -0.25) is 4.79 Å². The van der Waals surface area contributed by atoms with Crippen molar-refractivity contribution < 1.29 is 9.53 Å². The van der Waals surface area contributed by atoms with Crippen LogP contribution in [0.4, 0.5) is 5.69 Å². The van der Waals surface area contributed by atoms with Gasteiger partial charge in [0.25, 0.3) is 0 Å². The average molecular weight is 369 g/mol. The summed E-state index contributed by atoms with van der Waals surface area (Å²) in [6.07, 6.45) is 4.60. The van der Waals surface area contributed by atoms with E-state index in [-0.39, 0.29) is 18.3 Å². The van der Waals surface area contributed by atoms with Gasteiger partial charge in [-0.2, -0.15) is 0 Å². The van der Waals surface area contributed by atoms with Crippen LogP contribution in [0.15, 0.2) is 29.6 Å². The number of aromatic nitrogens is 1. The molecule has 2 rings (SSSR count). The van der Waals surface area contributed by atoms with E-state index in [1.165, 1.54) is 0 Å². The first-order chi connectivity index (χ1) is 11.2. The van der Waals surface area contributed by atoms with Gasteiger partial charge in [0.2, 0.25) is 5.91 Å². The molecule has 0 saturated heterocycles. The Morgan fingerprint density at radius 3 is 2.67 bits per heavy atom. The van der Waals surface area contributed by atoms with Crippen molar-refractivity contribution in [2.24, 2.45) is 0 Å². The summed E-state index contributed by atoms with van der Waals surface area (Å²) in [5.41, 5.74) is 2.88. The van der Waals surface area contributed by atoms with Crippen molar-refractivity contribution >= 4 is 35.3 Å². The highest BCUT2D eigenvalue weighted by molar-refractivity contribution is 7.09. The van der Waals surface area contributed by atoms with Crippen molar-refractivity contribution in [3.8, 4) is 11.3 Å². The van der Waals surface area contributed by atoms with Crippen LogP contribution >= 0.6 is 23.7 Å². The second-order valence-electron chi connectivity index (χ2n) is 5.45. The van der Waals surface area contributed by atoms with Crippen LogP contribution in [0.3, 0.4) is 0 Å². The van der Waals surface area contributed by atoms with Crippen LogP contribution in [0.5, 0.6) is 0 Å². The molecule has 0 aliphatic heterocycles. The molecule has 0 unspecified atom stereocenters. The predicted octanol–water partition coefficient (Wildman–Crippen LogP) is 4.94. The van der Waals surface area contributed by atoms with Crippen molar-refractivity contribution in [2.45, 2.75) is 39.0 Å². The number of thiazole rings is 1. The number of hydrogen-bond acceptors (Lipinski definition) is 4. The minimum absolute atomic E-state index is 0. The van der Waals surface area contributed by atoms with Gasteiger partial charge < -0.3 is 10.1 Å². The van der Waals surface area contributed by atoms with Gasteiger partial charge in [0.05, 0.1) is 17.3 Å². The number of nitrogens with one attached hydrogen (secondary N) is 1. The average Bonchev–Trinajstić information content (AvgIpc) is 3.03. The summed E-state index contributed by atoms with van der Waals surface area (Å²) in [7, 11) is 1.70. The summed E-state index contributed by atoms with van der Waals surface area (Å²) in [6, 6.07) is 7.86. The quantitative estimate of drug-likeness (QED) is 0.638. The Hall–Kier alpha value is -1.43. The minimum Gasteiger partial charge on any atom is -0.384 e. The Bertz CT molecular complexity index is 614. The molecule has 0 aliphatic rings. The van der Waals surface area contributed by atoms with Gasteiger partial charge in [-0.1, -0.05) is 31.9 Å². The van der Waals surface area contributed by atoms with Crippen LogP contribution in [0, 0.1) is 0 Å². The van der Waals surface area contributed by atoms with Crippen LogP contribution in [-0.4, -0.2) is 24.6 Å². The molecule has 0 bridgehead atoms. The summed E-state index contributed by atoms with van der Waals surface area (Å²) in [5, 5.41) is 6.08. The number of ether oxygens (including phenoxy) is 1. The molecule has 0 atom stereocenters. The molecule has 0 aliphatic carbocycles. The largest absolute Gasteiger partial charge is 0.384 e. The van der Waals surface area contributed by atoms with E-state index in [4.69, 9.17) is 4.74 Å². The standard InChI is InChI=1S/C18H24N2O2S.ClH/c1-3-4-5-6-17(21)19-15-9-7-14(8-10-15)16-13-23-18(20-16)11-12-22-2;/h7-10,13H,3-6,11-12H2,1-2H3,(H,19,21);1H. The first-order valence-corrected chi connectivity index (χ1v) is 8.94. The molecule has 132 valence electrons. The van der Waals surface area contributed by atoms with E-state index >= 15 is 0 Å². The smallest absolute Gasteiger partial charge is 0.224 e. The highest BCUT2D eigenvalue weighted by Crippen LogP contribution is 2.24. The number of benzene rings is 1. The number of carbonyl (C=O) groups excluding carboxylic acids is 1. The van der Waals surface area contributed by atoms with Crippen LogP contribution in [0.1, 0.15) is 37.6 Å². The zero-order chi connectivity index (χ0) is 16.5. The molecule has 24 heavy (non-hydrogen) atoms. The van der Waals surface area contributed by atoms with Crippen molar-refractivity contribution in [3.05, 3.63) is 34.7 Å². The lowest BCUT2D eigenvalue weighted by Gasteiger charge is -2.05. The topological polar surface area (TPSA) is 51.2 Å². The third-order valence-corrected chi connectivity index (χ3v) is 4.45. The molecular formula is C18H25ClN2O2S. The number of nitrogens with zero attached hydrogens (tertiary/aromatic N) is 1. The first kappa shape index (κ1) is 20.6. The maximum atomic E-state index is 11.8. The van der Waals surface area contributed by atoms with Gasteiger partial charge in [0.15, 0.2) is 0 Å². The van der Waals surface area contributed by atoms with Gasteiger partial charge in [-0.05, 0) is 18.6 Å². The molecule has 0 radical (unpaired) electrons. The van der Waals surface area contributed by atoms with Crippen molar-refractivity contribution in [3.63, 3.8) is 0 Å². The number of halogens is 1. The van der Waals surface area contributed by atoms with E-state index in [1.807, 2.05) is 24.3 Å². The summed E-state index contributed by atoms with van der Waals surface area (Å²) in [5.74, 6) is 0.0849. The Morgan fingerprint density at radius 1 is 1.25 bits per heavy atom. The molecule has 1 aromatic carbocycles. The Morgan fingerprint density at radius 2 is 2.00 bits per heavy atom. The van der Waals surface area contributed by atoms with Gasteiger partial charge in [-0.25, -0.2) is 4.98 Å². The van der Waals surface area contributed by atoms with Gasteiger partial charge in [0, 0.05) is 36.6 Å². The van der Waals surface area contributed by atoms with Crippen molar-refractivity contribution in [1.29, 1.82) is 0 Å². The molecule has 2 aromatic rings. The van der Waals surface area contributed by atoms with E-state index < -0.39 is 0 Å². The molecule has 1 aromatic heterocycles. The molecule has 0 fully saturated rings. The fraction of sp³-hybridized carbons (Fsp3) is 0.444. The zero-order valence-electron chi connectivity index (χ0n) is 14.2. The Kier molecular flexibility index (Phi) is 9.60. The number of amides is 1. The number of unbranched alkanes of at least 4 members (excludes halogenated alkanes) is 2. The van der Waals surface area contributed by atoms with Gasteiger partial charge in [0.1, 0.15) is 0 Å². The lowest BCUT2D eigenvalue weighted by atomic mass is 10.1. The fourth-order valence-electron chi connectivity index (χ4n) is 2.23. The molecule has 1 heterocycles. The highest BCUT2D eigenvalue weighted by Gasteiger charge is 2.06. The maximum absolute atomic E-state index is 11.8. The van der Waals surface area contributed by atoms with Crippen LogP contribution in [0.2, 0.25) is 0 Å². The van der Waals surface area contributed by atoms with E-state index in [1.54, 1.807) is 18.4 Å². The fourth-order valence-corrected chi connectivity index (χ4v) is 3.02. The lowest BCUT2D eigenvalue weighted by molar-refractivity contribution is -0.116. The van der Waals surface area contributed by atoms with Gasteiger partial charge >= 0.3 is 0 Å². The number of carbonyl (C=O) groups is 1. The zero-order valence-corrected chi connectivity index (χ0v) is 15.8. The van der Waals surface area contributed by atoms with E-state index in [0.717, 1.165) is 47.6 Å². The molecule has 0 spiro atoms. The molecule has 4 nitrogen and oxygen atoms in total. The maximum Gasteiger partial charge on any atom is 0.224 e. The molecular weight excluding hydrogens is 344 g/mol. The normalized spacial score (nSPS) is 10.2. The minimum atomic E-state index is 0. The van der Waals surface area contributed by atoms with E-state index in [9.17, 15) is 4.79 Å². The molecule has 6 heteroatoms. The summed E-state index contributed by atoms with van der Waals surface area (Å²) in [6.45, 7) is 2.83. The SMILES string of the molecule is CCCCCC(=O)Nc1ccc(-c2csc(CCOC)n2)cc1.Cl. The summed E-state index contributed by atoms with van der Waals surface area (Å²) in [4.78, 5) is 16.4. The number of methoxy groups -OCH3 is 1. The third kappa shape index (κ3) is 6.59. The van der Waals surface area contributed by atoms with E-state index in [2.05, 4.69) is 22.6 Å². The lowest BCUT2D eigenvalue weighted by Crippen LogP contribution is -2.10. The number of hydrogen-bond donors (Lipinski definition) is 1. The number of rotatable bonds is 9. The Labute approximate surface area is 154 Å². The van der Waals surface area contributed by atoms with Crippen LogP contribution in [0.25, 0.3) is 11.3 Å². The van der Waals surface area contributed by atoms with Gasteiger partial charge in [-0.15, -0.1) is 23.7 Å². The second-order valence-corrected chi connectivity index (χ2v) is 6.39. The molecule has 1 amide bonds. The van der Waals surface area contributed by atoms with Crippen LogP contribution < -0.4 is 5.32 Å². The summed E-state index contributed by atoms with van der Waals surface area (Å²) >= 11 is 1.65.